The van der Waals surface area contributed by atoms with E-state index in [0.717, 1.165) is 26.1 Å². The Morgan fingerprint density at radius 1 is 1.21 bits per heavy atom. The highest BCUT2D eigenvalue weighted by Gasteiger charge is 2.08. The number of hydrogen-bond acceptors (Lipinski definition) is 4. The molecule has 0 aromatic carbocycles. The largest absolute Gasteiger partial charge is 0.314 e. The molecule has 0 unspecified atom stereocenters. The molecule has 1 aliphatic heterocycles. The number of hydrogen-bond donors (Lipinski definition) is 1. The fourth-order valence-corrected chi connectivity index (χ4v) is 1.74. The van der Waals surface area contributed by atoms with Gasteiger partial charge in [0.15, 0.2) is 0 Å². The molecule has 5 nitrogen and oxygen atoms in total. The average Bonchev–Trinajstić information content (AvgIpc) is 2.72. The monoisotopic (exact) mass is 195 g/mol. The number of rotatable bonds is 4. The van der Waals surface area contributed by atoms with Crippen LogP contribution in [0.15, 0.2) is 12.7 Å². The summed E-state index contributed by atoms with van der Waals surface area (Å²) in [7, 11) is 0. The summed E-state index contributed by atoms with van der Waals surface area (Å²) in [6.07, 6.45) is 4.52. The number of aryl methyl sites for hydroxylation is 1. The second-order valence-corrected chi connectivity index (χ2v) is 3.60. The van der Waals surface area contributed by atoms with Crippen molar-refractivity contribution in [3.8, 4) is 0 Å². The first-order valence-corrected chi connectivity index (χ1v) is 5.20. The van der Waals surface area contributed by atoms with Gasteiger partial charge in [0.1, 0.15) is 12.7 Å². The van der Waals surface area contributed by atoms with Crippen LogP contribution in [0.25, 0.3) is 0 Å². The van der Waals surface area contributed by atoms with E-state index in [1.54, 1.807) is 12.7 Å². The molecule has 1 aliphatic rings. The third-order valence-corrected chi connectivity index (χ3v) is 2.54. The summed E-state index contributed by atoms with van der Waals surface area (Å²) < 4.78 is 1.89. The second-order valence-electron chi connectivity index (χ2n) is 3.60. The van der Waals surface area contributed by atoms with Crippen molar-refractivity contribution in [1.82, 2.24) is 25.0 Å². The molecule has 2 heterocycles. The summed E-state index contributed by atoms with van der Waals surface area (Å²) in [6.45, 7) is 6.76. The SMILES string of the molecule is c1ncn(CCCN2CCNCC2)n1. The van der Waals surface area contributed by atoms with Gasteiger partial charge in [0.25, 0.3) is 0 Å². The minimum Gasteiger partial charge on any atom is -0.314 e. The van der Waals surface area contributed by atoms with Gasteiger partial charge in [0.05, 0.1) is 0 Å². The molecule has 2 rings (SSSR count). The van der Waals surface area contributed by atoms with Crippen LogP contribution in [-0.2, 0) is 6.54 Å². The summed E-state index contributed by atoms with van der Waals surface area (Å²) in [5.41, 5.74) is 0. The van der Waals surface area contributed by atoms with Crippen LogP contribution in [0.4, 0.5) is 0 Å². The highest BCUT2D eigenvalue weighted by atomic mass is 15.3. The Morgan fingerprint density at radius 3 is 2.79 bits per heavy atom. The Bertz CT molecular complexity index is 240. The van der Waals surface area contributed by atoms with Crippen molar-refractivity contribution in [3.63, 3.8) is 0 Å². The van der Waals surface area contributed by atoms with Crippen molar-refractivity contribution in [1.29, 1.82) is 0 Å². The van der Waals surface area contributed by atoms with Crippen molar-refractivity contribution >= 4 is 0 Å². The van der Waals surface area contributed by atoms with Crippen LogP contribution in [-0.4, -0.2) is 52.4 Å². The zero-order valence-corrected chi connectivity index (χ0v) is 8.39. The first-order valence-electron chi connectivity index (χ1n) is 5.20. The van der Waals surface area contributed by atoms with Crippen LogP contribution >= 0.6 is 0 Å². The Labute approximate surface area is 84.1 Å². The van der Waals surface area contributed by atoms with Gasteiger partial charge >= 0.3 is 0 Å². The maximum Gasteiger partial charge on any atom is 0.137 e. The topological polar surface area (TPSA) is 46.0 Å². The molecular weight excluding hydrogens is 178 g/mol. The Balaban J connectivity index is 1.62. The van der Waals surface area contributed by atoms with Gasteiger partial charge < -0.3 is 10.2 Å². The molecular formula is C9H17N5. The minimum absolute atomic E-state index is 0.976. The van der Waals surface area contributed by atoms with Crippen LogP contribution in [0.2, 0.25) is 0 Å². The third-order valence-electron chi connectivity index (χ3n) is 2.54. The van der Waals surface area contributed by atoms with Crippen LogP contribution in [0.1, 0.15) is 6.42 Å². The summed E-state index contributed by atoms with van der Waals surface area (Å²) in [6, 6.07) is 0. The summed E-state index contributed by atoms with van der Waals surface area (Å²) in [5, 5.41) is 7.42. The molecule has 1 fully saturated rings. The number of nitrogens with zero attached hydrogens (tertiary/aromatic N) is 4. The molecule has 1 saturated heterocycles. The van der Waals surface area contributed by atoms with E-state index < -0.39 is 0 Å². The molecule has 0 radical (unpaired) electrons. The lowest BCUT2D eigenvalue weighted by Crippen LogP contribution is -2.43. The van der Waals surface area contributed by atoms with Crippen molar-refractivity contribution in [2.75, 3.05) is 32.7 Å². The predicted octanol–water partition coefficient (Wildman–Crippen LogP) is -0.427. The molecule has 0 aliphatic carbocycles. The first-order chi connectivity index (χ1) is 6.95. The van der Waals surface area contributed by atoms with Crippen LogP contribution in [0, 0.1) is 0 Å². The van der Waals surface area contributed by atoms with E-state index in [4.69, 9.17) is 0 Å². The summed E-state index contributed by atoms with van der Waals surface area (Å²) in [4.78, 5) is 6.41. The van der Waals surface area contributed by atoms with Gasteiger partial charge in [-0.1, -0.05) is 0 Å². The molecule has 78 valence electrons. The molecule has 0 spiro atoms. The van der Waals surface area contributed by atoms with E-state index in [0.29, 0.717) is 0 Å². The van der Waals surface area contributed by atoms with E-state index in [-0.39, 0.29) is 0 Å². The van der Waals surface area contributed by atoms with Gasteiger partial charge in [-0.15, -0.1) is 0 Å². The molecule has 0 amide bonds. The lowest BCUT2D eigenvalue weighted by atomic mass is 10.3. The average molecular weight is 195 g/mol. The van der Waals surface area contributed by atoms with Crippen LogP contribution < -0.4 is 5.32 Å². The molecule has 0 atom stereocenters. The van der Waals surface area contributed by atoms with Crippen molar-refractivity contribution in [2.24, 2.45) is 0 Å². The number of aromatic nitrogens is 3. The molecule has 1 N–H and O–H groups in total. The van der Waals surface area contributed by atoms with E-state index in [2.05, 4.69) is 20.3 Å². The molecule has 14 heavy (non-hydrogen) atoms. The van der Waals surface area contributed by atoms with Crippen molar-refractivity contribution in [2.45, 2.75) is 13.0 Å². The van der Waals surface area contributed by atoms with Gasteiger partial charge in [-0.3, -0.25) is 4.68 Å². The van der Waals surface area contributed by atoms with Crippen molar-refractivity contribution < 1.29 is 0 Å². The molecule has 1 aromatic rings. The Kier molecular flexibility index (Phi) is 3.48. The standard InChI is InChI=1S/C9H17N5/c1(5-14-9-11-8-12-14)4-13-6-2-10-3-7-13/h8-10H,1-7H2. The highest BCUT2D eigenvalue weighted by Crippen LogP contribution is 1.95. The normalized spacial score (nSPS) is 18.6. The molecule has 0 saturated carbocycles. The zero-order chi connectivity index (χ0) is 9.64. The maximum atomic E-state index is 4.07. The molecule has 0 bridgehead atoms. The Hall–Kier alpha value is -0.940. The van der Waals surface area contributed by atoms with Crippen LogP contribution in [0.5, 0.6) is 0 Å². The number of nitrogens with one attached hydrogen (secondary N) is 1. The van der Waals surface area contributed by atoms with Gasteiger partial charge in [-0.05, 0) is 6.42 Å². The fraction of sp³-hybridized carbons (Fsp3) is 0.778. The lowest BCUT2D eigenvalue weighted by Gasteiger charge is -2.26. The van der Waals surface area contributed by atoms with Gasteiger partial charge in [-0.2, -0.15) is 5.10 Å². The minimum atomic E-state index is 0.976. The van der Waals surface area contributed by atoms with E-state index in [1.165, 1.54) is 19.6 Å². The van der Waals surface area contributed by atoms with E-state index in [1.807, 2.05) is 4.68 Å². The zero-order valence-electron chi connectivity index (χ0n) is 8.39. The molecule has 1 aromatic heterocycles. The lowest BCUT2D eigenvalue weighted by molar-refractivity contribution is 0.233. The van der Waals surface area contributed by atoms with Gasteiger partial charge in [0.2, 0.25) is 0 Å². The predicted molar refractivity (Wildman–Crippen MR) is 53.9 cm³/mol. The van der Waals surface area contributed by atoms with E-state index in [9.17, 15) is 0 Å². The summed E-state index contributed by atoms with van der Waals surface area (Å²) in [5.74, 6) is 0. The second kappa shape index (κ2) is 5.07. The third kappa shape index (κ3) is 2.78. The maximum absolute atomic E-state index is 4.07. The van der Waals surface area contributed by atoms with Gasteiger partial charge in [-0.25, -0.2) is 4.98 Å². The quantitative estimate of drug-likeness (QED) is 0.708. The van der Waals surface area contributed by atoms with Crippen LogP contribution in [0.3, 0.4) is 0 Å². The summed E-state index contributed by atoms with van der Waals surface area (Å²) >= 11 is 0. The van der Waals surface area contributed by atoms with Crippen molar-refractivity contribution in [3.05, 3.63) is 12.7 Å². The van der Waals surface area contributed by atoms with E-state index >= 15 is 0 Å². The Morgan fingerprint density at radius 2 is 2.07 bits per heavy atom. The van der Waals surface area contributed by atoms with Gasteiger partial charge in [0, 0.05) is 39.3 Å². The highest BCUT2D eigenvalue weighted by molar-refractivity contribution is 4.67. The first kappa shape index (κ1) is 9.61. The fourth-order valence-electron chi connectivity index (χ4n) is 1.74. The number of piperazine rings is 1. The smallest absolute Gasteiger partial charge is 0.137 e. The molecule has 5 heteroatoms.